The van der Waals surface area contributed by atoms with Gasteiger partial charge in [0.2, 0.25) is 0 Å². The highest BCUT2D eigenvalue weighted by Gasteiger charge is 2.08. The number of rotatable bonds is 5. The molecule has 5 heteroatoms. The fourth-order valence-corrected chi connectivity index (χ4v) is 2.15. The minimum Gasteiger partial charge on any atom is -0.508 e. The predicted molar refractivity (Wildman–Crippen MR) is 76.6 cm³/mol. The van der Waals surface area contributed by atoms with Gasteiger partial charge in [-0.15, -0.1) is 0 Å². The van der Waals surface area contributed by atoms with Crippen LogP contribution in [0.1, 0.15) is 11.1 Å². The molecule has 0 saturated heterocycles. The molecule has 0 unspecified atom stereocenters. The molecule has 2 N–H and O–H groups in total. The molecule has 0 heterocycles. The van der Waals surface area contributed by atoms with Crippen LogP contribution in [-0.4, -0.2) is 12.2 Å². The normalized spacial score (nSPS) is 10.6. The van der Waals surface area contributed by atoms with Crippen LogP contribution in [0.5, 0.6) is 11.5 Å². The van der Waals surface area contributed by atoms with Crippen molar-refractivity contribution in [3.63, 3.8) is 0 Å². The lowest BCUT2D eigenvalue weighted by Gasteiger charge is -2.12. The van der Waals surface area contributed by atoms with E-state index in [4.69, 9.17) is 16.3 Å². The average Bonchev–Trinajstić information content (AvgIpc) is 2.44. The van der Waals surface area contributed by atoms with E-state index in [0.717, 1.165) is 5.56 Å². The summed E-state index contributed by atoms with van der Waals surface area (Å²) in [6.45, 7) is 0.788. The molecule has 20 heavy (non-hydrogen) atoms. The number of phenolic OH excluding ortho intramolecular Hbond substituents is 1. The fraction of sp³-hybridized carbons (Fsp3) is 0.200. The third-order valence-electron chi connectivity index (χ3n) is 2.95. The van der Waals surface area contributed by atoms with Gasteiger partial charge in [0, 0.05) is 29.2 Å². The summed E-state index contributed by atoms with van der Waals surface area (Å²) < 4.78 is 18.3. The third-order valence-corrected chi connectivity index (χ3v) is 3.31. The topological polar surface area (TPSA) is 41.5 Å². The first-order valence-electron chi connectivity index (χ1n) is 6.11. The molecule has 0 spiro atoms. The van der Waals surface area contributed by atoms with Crippen molar-refractivity contribution in [3.05, 3.63) is 58.4 Å². The Balaban J connectivity index is 2.05. The van der Waals surface area contributed by atoms with E-state index in [1.54, 1.807) is 13.2 Å². The van der Waals surface area contributed by atoms with Gasteiger partial charge in [0.15, 0.2) is 0 Å². The second-order valence-electron chi connectivity index (χ2n) is 4.30. The lowest BCUT2D eigenvalue weighted by Crippen LogP contribution is -2.14. The number of ether oxygens (including phenoxy) is 1. The maximum atomic E-state index is 13.1. The van der Waals surface area contributed by atoms with Crippen LogP contribution in [-0.2, 0) is 13.1 Å². The average molecular weight is 296 g/mol. The van der Waals surface area contributed by atoms with E-state index in [1.165, 1.54) is 18.2 Å². The Hall–Kier alpha value is -1.78. The van der Waals surface area contributed by atoms with Gasteiger partial charge in [-0.05, 0) is 30.3 Å². The lowest BCUT2D eigenvalue weighted by molar-refractivity contribution is 0.407. The molecular weight excluding hydrogens is 281 g/mol. The van der Waals surface area contributed by atoms with Crippen molar-refractivity contribution >= 4 is 11.6 Å². The molecule has 0 atom stereocenters. The van der Waals surface area contributed by atoms with Crippen molar-refractivity contribution in [2.45, 2.75) is 13.1 Å². The molecule has 0 bridgehead atoms. The molecule has 3 nitrogen and oxygen atoms in total. The molecule has 2 aromatic carbocycles. The van der Waals surface area contributed by atoms with Crippen LogP contribution in [0.2, 0.25) is 5.02 Å². The molecule has 0 saturated carbocycles. The number of methoxy groups -OCH3 is 1. The van der Waals surface area contributed by atoms with Gasteiger partial charge < -0.3 is 15.2 Å². The number of nitrogens with one attached hydrogen (secondary N) is 1. The van der Waals surface area contributed by atoms with Crippen LogP contribution < -0.4 is 10.1 Å². The van der Waals surface area contributed by atoms with Gasteiger partial charge in [-0.2, -0.15) is 0 Å². The highest BCUT2D eigenvalue weighted by atomic mass is 35.5. The standard InChI is InChI=1S/C15H15ClFNO2/c1-20-15-4-2-3-13(16)12(15)9-18-8-10-7-11(17)5-6-14(10)19/h2-7,18-19H,8-9H2,1H3. The Bertz CT molecular complexity index is 604. The smallest absolute Gasteiger partial charge is 0.124 e. The number of benzene rings is 2. The zero-order valence-corrected chi connectivity index (χ0v) is 11.7. The Morgan fingerprint density at radius 1 is 1.25 bits per heavy atom. The fourth-order valence-electron chi connectivity index (χ4n) is 1.92. The summed E-state index contributed by atoms with van der Waals surface area (Å²) in [4.78, 5) is 0. The Labute approximate surface area is 122 Å². The molecule has 2 rings (SSSR count). The van der Waals surface area contributed by atoms with Gasteiger partial charge in [-0.3, -0.25) is 0 Å². The van der Waals surface area contributed by atoms with E-state index in [0.29, 0.717) is 29.4 Å². The largest absolute Gasteiger partial charge is 0.508 e. The molecule has 2 aromatic rings. The van der Waals surface area contributed by atoms with Crippen LogP contribution >= 0.6 is 11.6 Å². The summed E-state index contributed by atoms with van der Waals surface area (Å²) in [5, 5.41) is 13.3. The van der Waals surface area contributed by atoms with Gasteiger partial charge in [0.05, 0.1) is 7.11 Å². The molecule has 0 radical (unpaired) electrons. The van der Waals surface area contributed by atoms with Gasteiger partial charge >= 0.3 is 0 Å². The van der Waals surface area contributed by atoms with Crippen molar-refractivity contribution in [1.29, 1.82) is 0 Å². The number of aromatic hydroxyl groups is 1. The molecule has 0 aliphatic rings. The highest BCUT2D eigenvalue weighted by Crippen LogP contribution is 2.26. The van der Waals surface area contributed by atoms with Crippen molar-refractivity contribution in [2.24, 2.45) is 0 Å². The van der Waals surface area contributed by atoms with Crippen LogP contribution in [0.25, 0.3) is 0 Å². The van der Waals surface area contributed by atoms with Crippen molar-refractivity contribution < 1.29 is 14.2 Å². The quantitative estimate of drug-likeness (QED) is 0.887. The summed E-state index contributed by atoms with van der Waals surface area (Å²) in [7, 11) is 1.58. The van der Waals surface area contributed by atoms with Crippen LogP contribution in [0.4, 0.5) is 4.39 Å². The zero-order chi connectivity index (χ0) is 14.5. The van der Waals surface area contributed by atoms with Gasteiger partial charge in [0.1, 0.15) is 17.3 Å². The van der Waals surface area contributed by atoms with Crippen molar-refractivity contribution in [3.8, 4) is 11.5 Å². The monoisotopic (exact) mass is 295 g/mol. The number of phenols is 1. The molecule has 0 aliphatic carbocycles. The maximum Gasteiger partial charge on any atom is 0.124 e. The maximum absolute atomic E-state index is 13.1. The summed E-state index contributed by atoms with van der Waals surface area (Å²) >= 11 is 6.12. The predicted octanol–water partition coefficient (Wildman–Crippen LogP) is 3.48. The van der Waals surface area contributed by atoms with Gasteiger partial charge in [-0.1, -0.05) is 17.7 Å². The first kappa shape index (κ1) is 14.6. The zero-order valence-electron chi connectivity index (χ0n) is 11.0. The number of hydrogen-bond acceptors (Lipinski definition) is 3. The van der Waals surface area contributed by atoms with E-state index >= 15 is 0 Å². The van der Waals surface area contributed by atoms with E-state index in [9.17, 15) is 9.50 Å². The summed E-state index contributed by atoms with van der Waals surface area (Å²) in [6.07, 6.45) is 0. The number of hydrogen-bond donors (Lipinski definition) is 2. The molecule has 0 fully saturated rings. The molecular formula is C15H15ClFNO2. The second kappa shape index (κ2) is 6.59. The molecule has 0 aliphatic heterocycles. The van der Waals surface area contributed by atoms with Crippen LogP contribution in [0.15, 0.2) is 36.4 Å². The van der Waals surface area contributed by atoms with Crippen LogP contribution in [0.3, 0.4) is 0 Å². The second-order valence-corrected chi connectivity index (χ2v) is 4.70. The first-order valence-corrected chi connectivity index (χ1v) is 6.49. The Morgan fingerprint density at radius 3 is 2.80 bits per heavy atom. The van der Waals surface area contributed by atoms with Crippen molar-refractivity contribution in [2.75, 3.05) is 7.11 Å². The van der Waals surface area contributed by atoms with E-state index < -0.39 is 0 Å². The van der Waals surface area contributed by atoms with Crippen LogP contribution in [0, 0.1) is 5.82 Å². The SMILES string of the molecule is COc1cccc(Cl)c1CNCc1cc(F)ccc1O. The van der Waals surface area contributed by atoms with E-state index in [-0.39, 0.29) is 11.6 Å². The molecule has 106 valence electrons. The Morgan fingerprint density at radius 2 is 2.05 bits per heavy atom. The number of halogens is 2. The Kier molecular flexibility index (Phi) is 4.82. The summed E-state index contributed by atoms with van der Waals surface area (Å²) in [5.74, 6) is 0.369. The van der Waals surface area contributed by atoms with E-state index in [1.807, 2.05) is 12.1 Å². The molecule has 0 aromatic heterocycles. The first-order chi connectivity index (χ1) is 9.61. The summed E-state index contributed by atoms with van der Waals surface area (Å²) in [6, 6.07) is 9.26. The summed E-state index contributed by atoms with van der Waals surface area (Å²) in [5.41, 5.74) is 1.32. The molecule has 0 amide bonds. The van der Waals surface area contributed by atoms with Gasteiger partial charge in [0.25, 0.3) is 0 Å². The van der Waals surface area contributed by atoms with E-state index in [2.05, 4.69) is 5.32 Å². The lowest BCUT2D eigenvalue weighted by atomic mass is 10.1. The minimum absolute atomic E-state index is 0.0602. The van der Waals surface area contributed by atoms with Gasteiger partial charge in [-0.25, -0.2) is 4.39 Å². The third kappa shape index (κ3) is 3.40. The minimum atomic E-state index is -0.380. The van der Waals surface area contributed by atoms with Crippen molar-refractivity contribution in [1.82, 2.24) is 5.32 Å². The highest BCUT2D eigenvalue weighted by molar-refractivity contribution is 6.31.